The predicted molar refractivity (Wildman–Crippen MR) is 76.1 cm³/mol. The molecule has 0 atom stereocenters. The lowest BCUT2D eigenvalue weighted by Gasteiger charge is -2.01. The highest BCUT2D eigenvalue weighted by Crippen LogP contribution is 2.08. The highest BCUT2D eigenvalue weighted by Gasteiger charge is 2.09. The van der Waals surface area contributed by atoms with E-state index in [2.05, 4.69) is 0 Å². The highest BCUT2D eigenvalue weighted by atomic mass is 16.4. The Labute approximate surface area is 124 Å². The van der Waals surface area contributed by atoms with Crippen LogP contribution in [0.25, 0.3) is 0 Å². The van der Waals surface area contributed by atoms with Crippen molar-refractivity contribution < 1.29 is 29.4 Å². The van der Waals surface area contributed by atoms with Crippen LogP contribution in [-0.4, -0.2) is 33.7 Å². The molecule has 0 radical (unpaired) electrons. The Morgan fingerprint density at radius 2 is 0.857 bits per heavy atom. The van der Waals surface area contributed by atoms with E-state index < -0.39 is 11.9 Å². The summed E-state index contributed by atoms with van der Waals surface area (Å²) in [5.74, 6) is -1.86. The molecule has 6 nitrogen and oxygen atoms in total. The van der Waals surface area contributed by atoms with Crippen LogP contribution < -0.4 is 0 Å². The molecular weight excluding hydrogens is 276 g/mol. The Kier molecular flexibility index (Phi) is 11.1. The molecule has 21 heavy (non-hydrogen) atoms. The summed E-state index contributed by atoms with van der Waals surface area (Å²) in [5.41, 5.74) is 0. The molecule has 0 aromatic rings. The summed E-state index contributed by atoms with van der Waals surface area (Å²) >= 11 is 0. The molecule has 0 fully saturated rings. The van der Waals surface area contributed by atoms with Crippen molar-refractivity contribution in [2.75, 3.05) is 0 Å². The first-order chi connectivity index (χ1) is 9.91. The molecule has 0 unspecified atom stereocenters. The Morgan fingerprint density at radius 1 is 0.524 bits per heavy atom. The molecule has 120 valence electrons. The lowest BCUT2D eigenvalue weighted by atomic mass is 10.0. The molecule has 0 spiro atoms. The number of ketones is 2. The fourth-order valence-electron chi connectivity index (χ4n) is 1.95. The molecule has 0 bridgehead atoms. The number of rotatable bonds is 14. The first-order valence-electron chi connectivity index (χ1n) is 7.39. The quantitative estimate of drug-likeness (QED) is 0.377. The van der Waals surface area contributed by atoms with Crippen LogP contribution in [0.4, 0.5) is 0 Å². The number of Topliss-reactive ketones (excluding diaryl/α,β-unsaturated/α-hetero) is 2. The van der Waals surface area contributed by atoms with Crippen LogP contribution in [-0.2, 0) is 19.2 Å². The Morgan fingerprint density at radius 3 is 1.19 bits per heavy atom. The lowest BCUT2D eigenvalue weighted by molar-refractivity contribution is -0.138. The molecule has 6 heteroatoms. The molecule has 0 aromatic heterocycles. The Bertz CT molecular complexity index is 327. The van der Waals surface area contributed by atoms with Gasteiger partial charge in [0.2, 0.25) is 0 Å². The standard InChI is InChI=1S/C15H24O6/c16-12(7-3-1-5-9-14(18)19)11-13(17)8-4-2-6-10-15(20)21/h1-11H2,(H,18,19)(H,20,21). The predicted octanol–water partition coefficient (Wildman–Crippen LogP) is 2.58. The van der Waals surface area contributed by atoms with Crippen LogP contribution in [0.15, 0.2) is 0 Å². The van der Waals surface area contributed by atoms with Crippen molar-refractivity contribution >= 4 is 23.5 Å². The lowest BCUT2D eigenvalue weighted by Crippen LogP contribution is -2.07. The molecule has 0 saturated carbocycles. The van der Waals surface area contributed by atoms with Crippen LogP contribution in [0, 0.1) is 0 Å². The number of carbonyl (C=O) groups is 4. The molecule has 0 aliphatic carbocycles. The van der Waals surface area contributed by atoms with Crippen molar-refractivity contribution in [3.63, 3.8) is 0 Å². The van der Waals surface area contributed by atoms with E-state index in [1.54, 1.807) is 0 Å². The number of carboxylic acids is 2. The van der Waals surface area contributed by atoms with E-state index in [0.29, 0.717) is 51.4 Å². The summed E-state index contributed by atoms with van der Waals surface area (Å²) in [6, 6.07) is 0. The fraction of sp³-hybridized carbons (Fsp3) is 0.733. The van der Waals surface area contributed by atoms with Gasteiger partial charge >= 0.3 is 11.9 Å². The molecule has 0 heterocycles. The molecule has 0 rings (SSSR count). The van der Waals surface area contributed by atoms with E-state index in [1.165, 1.54) is 0 Å². The number of aliphatic carboxylic acids is 2. The van der Waals surface area contributed by atoms with Gasteiger partial charge in [-0.2, -0.15) is 0 Å². The number of carboxylic acid groups (broad SMARTS) is 2. The molecule has 0 aliphatic rings. The second kappa shape index (κ2) is 12.1. The maximum Gasteiger partial charge on any atom is 0.303 e. The van der Waals surface area contributed by atoms with Crippen molar-refractivity contribution in [1.82, 2.24) is 0 Å². The van der Waals surface area contributed by atoms with Gasteiger partial charge in [-0.1, -0.05) is 12.8 Å². The number of carbonyl (C=O) groups excluding carboxylic acids is 2. The summed E-state index contributed by atoms with van der Waals surface area (Å²) in [4.78, 5) is 43.6. The van der Waals surface area contributed by atoms with Crippen molar-refractivity contribution in [3.8, 4) is 0 Å². The maximum absolute atomic E-state index is 11.5. The van der Waals surface area contributed by atoms with Gasteiger partial charge in [-0.25, -0.2) is 0 Å². The minimum Gasteiger partial charge on any atom is -0.481 e. The fourth-order valence-corrected chi connectivity index (χ4v) is 1.95. The molecule has 0 aliphatic heterocycles. The van der Waals surface area contributed by atoms with Crippen LogP contribution >= 0.6 is 0 Å². The van der Waals surface area contributed by atoms with E-state index in [-0.39, 0.29) is 30.8 Å². The summed E-state index contributed by atoms with van der Waals surface area (Å²) in [5, 5.41) is 16.9. The van der Waals surface area contributed by atoms with E-state index in [1.807, 2.05) is 0 Å². The maximum atomic E-state index is 11.5. The van der Waals surface area contributed by atoms with Crippen molar-refractivity contribution in [1.29, 1.82) is 0 Å². The minimum atomic E-state index is -0.834. The zero-order chi connectivity index (χ0) is 16.1. The van der Waals surface area contributed by atoms with Gasteiger partial charge in [0.05, 0.1) is 6.42 Å². The van der Waals surface area contributed by atoms with Crippen LogP contribution in [0.2, 0.25) is 0 Å². The zero-order valence-corrected chi connectivity index (χ0v) is 12.3. The minimum absolute atomic E-state index is 0.0577. The molecule has 0 amide bonds. The molecular formula is C15H24O6. The summed E-state index contributed by atoms with van der Waals surface area (Å²) < 4.78 is 0. The zero-order valence-electron chi connectivity index (χ0n) is 12.3. The third-order valence-electron chi connectivity index (χ3n) is 3.09. The number of hydrogen-bond acceptors (Lipinski definition) is 4. The van der Waals surface area contributed by atoms with Gasteiger partial charge < -0.3 is 10.2 Å². The second-order valence-corrected chi connectivity index (χ2v) is 5.16. The topological polar surface area (TPSA) is 109 Å². The van der Waals surface area contributed by atoms with Crippen molar-refractivity contribution in [2.24, 2.45) is 0 Å². The normalized spacial score (nSPS) is 10.3. The van der Waals surface area contributed by atoms with Gasteiger partial charge in [0.15, 0.2) is 0 Å². The summed E-state index contributed by atoms with van der Waals surface area (Å²) in [6.45, 7) is 0. The third-order valence-corrected chi connectivity index (χ3v) is 3.09. The number of unbranched alkanes of at least 4 members (excludes halogenated alkanes) is 4. The van der Waals surface area contributed by atoms with Crippen molar-refractivity contribution in [3.05, 3.63) is 0 Å². The van der Waals surface area contributed by atoms with Gasteiger partial charge in [0, 0.05) is 25.7 Å². The first-order valence-corrected chi connectivity index (χ1v) is 7.39. The van der Waals surface area contributed by atoms with Gasteiger partial charge in [0.1, 0.15) is 11.6 Å². The molecule has 2 N–H and O–H groups in total. The van der Waals surface area contributed by atoms with Gasteiger partial charge in [-0.15, -0.1) is 0 Å². The highest BCUT2D eigenvalue weighted by molar-refractivity contribution is 5.98. The molecule has 0 aromatic carbocycles. The Hall–Kier alpha value is -1.72. The van der Waals surface area contributed by atoms with E-state index in [0.717, 1.165) is 0 Å². The smallest absolute Gasteiger partial charge is 0.303 e. The number of hydrogen-bond donors (Lipinski definition) is 2. The summed E-state index contributed by atoms with van der Waals surface area (Å²) in [6.07, 6.45) is 4.54. The SMILES string of the molecule is O=C(O)CCCCCC(=O)CC(=O)CCCCCC(=O)O. The van der Waals surface area contributed by atoms with E-state index >= 15 is 0 Å². The largest absolute Gasteiger partial charge is 0.481 e. The summed E-state index contributed by atoms with van der Waals surface area (Å²) in [7, 11) is 0. The second-order valence-electron chi connectivity index (χ2n) is 5.16. The van der Waals surface area contributed by atoms with Gasteiger partial charge in [0.25, 0.3) is 0 Å². The van der Waals surface area contributed by atoms with Crippen LogP contribution in [0.5, 0.6) is 0 Å². The third kappa shape index (κ3) is 14.5. The molecule has 0 saturated heterocycles. The van der Waals surface area contributed by atoms with Crippen molar-refractivity contribution in [2.45, 2.75) is 70.6 Å². The van der Waals surface area contributed by atoms with E-state index in [4.69, 9.17) is 10.2 Å². The Balaban J connectivity index is 3.50. The van der Waals surface area contributed by atoms with E-state index in [9.17, 15) is 19.2 Å². The average molecular weight is 300 g/mol. The average Bonchev–Trinajstić information content (AvgIpc) is 2.37. The van der Waals surface area contributed by atoms with Crippen LogP contribution in [0.3, 0.4) is 0 Å². The van der Waals surface area contributed by atoms with Gasteiger partial charge in [-0.05, 0) is 25.7 Å². The first kappa shape index (κ1) is 19.3. The van der Waals surface area contributed by atoms with Crippen LogP contribution in [0.1, 0.15) is 70.6 Å². The monoisotopic (exact) mass is 300 g/mol. The van der Waals surface area contributed by atoms with Gasteiger partial charge in [-0.3, -0.25) is 19.2 Å².